The standard InChI is InChI=1S/3C6H7.Yb/c3*1-6-4-2-3-5-6;/h3*2-5H,1H3;/q3*-1;+3. The van der Waals surface area contributed by atoms with Crippen molar-refractivity contribution >= 4 is 0 Å². The van der Waals surface area contributed by atoms with E-state index in [9.17, 15) is 0 Å². The van der Waals surface area contributed by atoms with E-state index >= 15 is 0 Å². The van der Waals surface area contributed by atoms with Gasteiger partial charge < -0.3 is 0 Å². The van der Waals surface area contributed by atoms with Crippen molar-refractivity contribution in [2.45, 2.75) is 20.8 Å². The van der Waals surface area contributed by atoms with E-state index in [0.717, 1.165) is 0 Å². The van der Waals surface area contributed by atoms with Crippen LogP contribution < -0.4 is 0 Å². The Labute approximate surface area is 155 Å². The van der Waals surface area contributed by atoms with Crippen molar-refractivity contribution in [2.24, 2.45) is 0 Å². The third-order valence-electron chi connectivity index (χ3n) is 2.49. The van der Waals surface area contributed by atoms with Crippen molar-refractivity contribution in [3.05, 3.63) is 89.5 Å². The third kappa shape index (κ3) is 10.1. The van der Waals surface area contributed by atoms with E-state index in [1.807, 2.05) is 36.4 Å². The van der Waals surface area contributed by atoms with Gasteiger partial charge in [-0.1, -0.05) is 20.8 Å². The summed E-state index contributed by atoms with van der Waals surface area (Å²) in [6.45, 7) is 6.25. The number of hydrogen-bond acceptors (Lipinski definition) is 0. The summed E-state index contributed by atoms with van der Waals surface area (Å²) in [7, 11) is 0. The Hall–Kier alpha value is -0.431. The van der Waals surface area contributed by atoms with Crippen molar-refractivity contribution < 1.29 is 46.9 Å². The van der Waals surface area contributed by atoms with E-state index in [4.69, 9.17) is 0 Å². The molecule has 0 heterocycles. The van der Waals surface area contributed by atoms with Gasteiger partial charge in [-0.05, 0) is 0 Å². The predicted molar refractivity (Wildman–Crippen MR) is 80.3 cm³/mol. The van der Waals surface area contributed by atoms with Gasteiger partial charge in [-0.2, -0.15) is 53.1 Å². The molecular formula is C18H21Yb. The summed E-state index contributed by atoms with van der Waals surface area (Å²) in [6, 6.07) is 24.7. The Bertz CT molecular complexity index is 393. The molecule has 0 nitrogen and oxygen atoms in total. The summed E-state index contributed by atoms with van der Waals surface area (Å²) in [6.07, 6.45) is 0. The van der Waals surface area contributed by atoms with Gasteiger partial charge in [-0.3, -0.25) is 0 Å². The molecule has 3 rings (SSSR count). The van der Waals surface area contributed by atoms with E-state index in [-0.39, 0.29) is 46.9 Å². The van der Waals surface area contributed by atoms with Crippen LogP contribution in [-0.2, 0) is 0 Å². The van der Waals surface area contributed by atoms with Crippen LogP contribution in [-0.4, -0.2) is 0 Å². The number of aryl methyl sites for hydroxylation is 3. The molecule has 0 N–H and O–H groups in total. The molecule has 0 aliphatic rings. The summed E-state index contributed by atoms with van der Waals surface area (Å²) in [5.74, 6) is 0. The first kappa shape index (κ1) is 18.6. The Kier molecular flexibility index (Phi) is 11.1. The maximum atomic E-state index is 2.08. The molecule has 0 bridgehead atoms. The molecule has 3 aromatic carbocycles. The first-order chi connectivity index (χ1) is 8.68. The average molecular weight is 410 g/mol. The van der Waals surface area contributed by atoms with Crippen molar-refractivity contribution in [1.29, 1.82) is 0 Å². The van der Waals surface area contributed by atoms with E-state index < -0.39 is 0 Å². The fourth-order valence-electron chi connectivity index (χ4n) is 1.41. The Morgan fingerprint density at radius 3 is 0.632 bits per heavy atom. The summed E-state index contributed by atoms with van der Waals surface area (Å²) in [5, 5.41) is 0. The molecule has 0 unspecified atom stereocenters. The minimum atomic E-state index is 0. The summed E-state index contributed by atoms with van der Waals surface area (Å²) >= 11 is 0. The van der Waals surface area contributed by atoms with Crippen LogP contribution in [0.1, 0.15) is 16.7 Å². The van der Waals surface area contributed by atoms with Crippen molar-refractivity contribution in [1.82, 2.24) is 0 Å². The van der Waals surface area contributed by atoms with Gasteiger partial charge in [0.25, 0.3) is 0 Å². The molecule has 0 amide bonds. The van der Waals surface area contributed by atoms with Gasteiger partial charge in [0.2, 0.25) is 0 Å². The van der Waals surface area contributed by atoms with Gasteiger partial charge in [0.1, 0.15) is 0 Å². The maximum Gasteiger partial charge on any atom is 3.00 e. The molecule has 1 radical (unpaired) electrons. The van der Waals surface area contributed by atoms with Crippen LogP contribution in [0.3, 0.4) is 0 Å². The minimum absolute atomic E-state index is 0. The normalized spacial score (nSPS) is 8.37. The first-order valence-corrected chi connectivity index (χ1v) is 6.23. The SMILES string of the molecule is C[c-]1cccc1.C[c-]1cccc1.C[c-]1cccc1.[Yb+3]. The average Bonchev–Trinajstić information content (AvgIpc) is 3.05. The van der Waals surface area contributed by atoms with Crippen LogP contribution in [0, 0.1) is 67.7 Å². The molecule has 1 heteroatoms. The van der Waals surface area contributed by atoms with Crippen LogP contribution in [0.5, 0.6) is 0 Å². The van der Waals surface area contributed by atoms with Crippen LogP contribution in [0.15, 0.2) is 72.8 Å². The van der Waals surface area contributed by atoms with Crippen LogP contribution in [0.2, 0.25) is 0 Å². The number of hydrogen-bond donors (Lipinski definition) is 0. The fraction of sp³-hybridized carbons (Fsp3) is 0.167. The van der Waals surface area contributed by atoms with E-state index in [1.54, 1.807) is 0 Å². The summed E-state index contributed by atoms with van der Waals surface area (Å²) in [4.78, 5) is 0. The molecule has 19 heavy (non-hydrogen) atoms. The molecule has 0 fully saturated rings. The Morgan fingerprint density at radius 2 is 0.579 bits per heavy atom. The topological polar surface area (TPSA) is 0 Å². The second-order valence-electron chi connectivity index (χ2n) is 4.39. The van der Waals surface area contributed by atoms with Crippen LogP contribution in [0.25, 0.3) is 0 Å². The summed E-state index contributed by atoms with van der Waals surface area (Å²) < 4.78 is 0. The quantitative estimate of drug-likeness (QED) is 0.450. The zero-order valence-corrected chi connectivity index (χ0v) is 13.4. The third-order valence-corrected chi connectivity index (χ3v) is 2.49. The van der Waals surface area contributed by atoms with Gasteiger partial charge in [-0.15, -0.1) is 0 Å². The fourth-order valence-corrected chi connectivity index (χ4v) is 1.41. The molecule has 0 spiro atoms. The van der Waals surface area contributed by atoms with Gasteiger partial charge >= 0.3 is 46.9 Å². The van der Waals surface area contributed by atoms with E-state index in [2.05, 4.69) is 57.2 Å². The predicted octanol–water partition coefficient (Wildman–Crippen LogP) is 5.14. The number of rotatable bonds is 0. The Morgan fingerprint density at radius 1 is 0.421 bits per heavy atom. The van der Waals surface area contributed by atoms with Gasteiger partial charge in [0, 0.05) is 0 Å². The zero-order chi connectivity index (χ0) is 13.2. The molecule has 0 atom stereocenters. The van der Waals surface area contributed by atoms with Crippen molar-refractivity contribution in [2.75, 3.05) is 0 Å². The van der Waals surface area contributed by atoms with Crippen molar-refractivity contribution in [3.63, 3.8) is 0 Å². The Balaban J connectivity index is 0.000000249. The second kappa shape index (κ2) is 11.4. The van der Waals surface area contributed by atoms with Crippen LogP contribution >= 0.6 is 0 Å². The second-order valence-corrected chi connectivity index (χ2v) is 4.39. The monoisotopic (exact) mass is 411 g/mol. The molecule has 0 aliphatic heterocycles. The zero-order valence-electron chi connectivity index (χ0n) is 11.7. The van der Waals surface area contributed by atoms with E-state index in [1.165, 1.54) is 16.7 Å². The molecule has 0 aliphatic carbocycles. The molecular weight excluding hydrogens is 389 g/mol. The van der Waals surface area contributed by atoms with Gasteiger partial charge in [0.05, 0.1) is 0 Å². The van der Waals surface area contributed by atoms with Crippen LogP contribution in [0.4, 0.5) is 0 Å². The first-order valence-electron chi connectivity index (χ1n) is 6.23. The smallest absolute Gasteiger partial charge is 0.213 e. The van der Waals surface area contributed by atoms with Gasteiger partial charge in [0.15, 0.2) is 0 Å². The molecule has 3 aromatic rings. The maximum absolute atomic E-state index is 2.08. The molecule has 0 saturated carbocycles. The van der Waals surface area contributed by atoms with E-state index in [0.29, 0.717) is 0 Å². The van der Waals surface area contributed by atoms with Gasteiger partial charge in [-0.25, -0.2) is 36.4 Å². The molecule has 0 saturated heterocycles. The summed E-state index contributed by atoms with van der Waals surface area (Å²) in [5.41, 5.74) is 4.03. The minimum Gasteiger partial charge on any atom is -0.213 e. The molecule has 107 valence electrons. The van der Waals surface area contributed by atoms with Crippen molar-refractivity contribution in [3.8, 4) is 0 Å². The largest absolute Gasteiger partial charge is 3.00 e. The molecule has 0 aromatic heterocycles.